The van der Waals surface area contributed by atoms with Crippen LogP contribution in [-0.4, -0.2) is 28.3 Å². The molecular formula is C11H17NOS2. The van der Waals surface area contributed by atoms with Crippen LogP contribution in [0.25, 0.3) is 0 Å². The first kappa shape index (κ1) is 11.4. The smallest absolute Gasteiger partial charge is 0.134 e. The van der Waals surface area contributed by atoms with Crippen LogP contribution in [0.1, 0.15) is 26.2 Å². The molecule has 0 amide bonds. The van der Waals surface area contributed by atoms with E-state index in [0.29, 0.717) is 17.5 Å². The SMILES string of the molecule is CCCCNC(=S)SC1CC2C=CC1O2. The third-order valence-corrected chi connectivity index (χ3v) is 4.29. The van der Waals surface area contributed by atoms with Gasteiger partial charge in [0.2, 0.25) is 0 Å². The molecule has 0 radical (unpaired) electrons. The fraction of sp³-hybridized carbons (Fsp3) is 0.727. The van der Waals surface area contributed by atoms with E-state index in [2.05, 4.69) is 24.4 Å². The van der Waals surface area contributed by atoms with Crippen molar-refractivity contribution in [2.45, 2.75) is 43.6 Å². The van der Waals surface area contributed by atoms with Gasteiger partial charge in [0.1, 0.15) is 4.32 Å². The number of rotatable bonds is 4. The Balaban J connectivity index is 1.69. The van der Waals surface area contributed by atoms with Crippen molar-refractivity contribution in [3.05, 3.63) is 12.2 Å². The Bertz CT molecular complexity index is 267. The van der Waals surface area contributed by atoms with Gasteiger partial charge in [-0.3, -0.25) is 0 Å². The molecule has 2 bridgehead atoms. The fourth-order valence-corrected chi connectivity index (χ4v) is 3.40. The van der Waals surface area contributed by atoms with E-state index in [9.17, 15) is 0 Å². The van der Waals surface area contributed by atoms with Crippen molar-refractivity contribution < 1.29 is 4.74 Å². The highest BCUT2D eigenvalue weighted by molar-refractivity contribution is 8.23. The van der Waals surface area contributed by atoms with Crippen LogP contribution in [0.5, 0.6) is 0 Å². The van der Waals surface area contributed by atoms with E-state index in [4.69, 9.17) is 17.0 Å². The van der Waals surface area contributed by atoms with Gasteiger partial charge in [-0.05, 0) is 12.8 Å². The average molecular weight is 243 g/mol. The van der Waals surface area contributed by atoms with Gasteiger partial charge in [-0.25, -0.2) is 0 Å². The van der Waals surface area contributed by atoms with Gasteiger partial charge >= 0.3 is 0 Å². The molecule has 4 heteroatoms. The van der Waals surface area contributed by atoms with Crippen LogP contribution in [0, 0.1) is 0 Å². The summed E-state index contributed by atoms with van der Waals surface area (Å²) in [7, 11) is 0. The van der Waals surface area contributed by atoms with Crippen LogP contribution < -0.4 is 5.32 Å². The predicted molar refractivity (Wildman–Crippen MR) is 69.3 cm³/mol. The Labute approximate surface area is 101 Å². The topological polar surface area (TPSA) is 21.3 Å². The summed E-state index contributed by atoms with van der Waals surface area (Å²) in [6, 6.07) is 0. The highest BCUT2D eigenvalue weighted by atomic mass is 32.2. The number of unbranched alkanes of at least 4 members (excludes halogenated alkanes) is 1. The molecule has 0 aromatic heterocycles. The Morgan fingerprint density at radius 3 is 3.07 bits per heavy atom. The summed E-state index contributed by atoms with van der Waals surface area (Å²) in [4.78, 5) is 0. The molecular weight excluding hydrogens is 226 g/mol. The molecule has 0 aromatic rings. The lowest BCUT2D eigenvalue weighted by molar-refractivity contribution is 0.122. The maximum Gasteiger partial charge on any atom is 0.134 e. The second-order valence-corrected chi connectivity index (χ2v) is 5.90. The quantitative estimate of drug-likeness (QED) is 0.465. The first-order valence-corrected chi connectivity index (χ1v) is 6.86. The van der Waals surface area contributed by atoms with Crippen LogP contribution in [0.2, 0.25) is 0 Å². The van der Waals surface area contributed by atoms with Gasteiger partial charge in [-0.15, -0.1) is 0 Å². The Morgan fingerprint density at radius 2 is 2.47 bits per heavy atom. The Hall–Kier alpha value is -0.0600. The molecule has 1 fully saturated rings. The van der Waals surface area contributed by atoms with Gasteiger partial charge < -0.3 is 10.1 Å². The Kier molecular flexibility index (Phi) is 4.05. The highest BCUT2D eigenvalue weighted by Gasteiger charge is 2.37. The molecule has 3 atom stereocenters. The third-order valence-electron chi connectivity index (χ3n) is 2.74. The third kappa shape index (κ3) is 2.95. The lowest BCUT2D eigenvalue weighted by Crippen LogP contribution is -2.25. The van der Waals surface area contributed by atoms with Crippen molar-refractivity contribution in [1.29, 1.82) is 0 Å². The van der Waals surface area contributed by atoms with Gasteiger partial charge in [-0.1, -0.05) is 49.5 Å². The van der Waals surface area contributed by atoms with Gasteiger partial charge in [0.05, 0.1) is 12.2 Å². The molecule has 2 aliphatic rings. The van der Waals surface area contributed by atoms with Crippen LogP contribution in [0.15, 0.2) is 12.2 Å². The number of fused-ring (bicyclic) bond motifs is 2. The normalized spacial score (nSPS) is 32.2. The minimum absolute atomic E-state index is 0.297. The molecule has 84 valence electrons. The van der Waals surface area contributed by atoms with E-state index in [0.717, 1.165) is 17.3 Å². The number of ether oxygens (including phenoxy) is 1. The standard InChI is InChI=1S/C11H17NOS2/c1-2-3-6-12-11(14)15-10-7-8-4-5-9(10)13-8/h4-5,8-10H,2-3,6-7H2,1H3,(H,12,14). The largest absolute Gasteiger partial charge is 0.371 e. The van der Waals surface area contributed by atoms with Crippen molar-refractivity contribution in [3.8, 4) is 0 Å². The van der Waals surface area contributed by atoms with Gasteiger partial charge in [0.15, 0.2) is 0 Å². The Morgan fingerprint density at radius 1 is 1.60 bits per heavy atom. The van der Waals surface area contributed by atoms with Gasteiger partial charge in [0.25, 0.3) is 0 Å². The molecule has 2 aliphatic heterocycles. The molecule has 0 aliphatic carbocycles. The summed E-state index contributed by atoms with van der Waals surface area (Å²) in [5.74, 6) is 0. The molecule has 2 nitrogen and oxygen atoms in total. The first-order valence-electron chi connectivity index (χ1n) is 5.58. The van der Waals surface area contributed by atoms with Crippen molar-refractivity contribution >= 4 is 28.3 Å². The number of hydrogen-bond donors (Lipinski definition) is 1. The monoisotopic (exact) mass is 243 g/mol. The molecule has 1 saturated heterocycles. The minimum atomic E-state index is 0.297. The summed E-state index contributed by atoms with van der Waals surface area (Å²) >= 11 is 7.06. The maximum atomic E-state index is 5.69. The van der Waals surface area contributed by atoms with Crippen molar-refractivity contribution in [3.63, 3.8) is 0 Å². The lowest BCUT2D eigenvalue weighted by Gasteiger charge is -2.15. The lowest BCUT2D eigenvalue weighted by atomic mass is 10.1. The second-order valence-electron chi connectivity index (χ2n) is 3.98. The molecule has 2 heterocycles. The molecule has 3 unspecified atom stereocenters. The van der Waals surface area contributed by atoms with Crippen LogP contribution >= 0.6 is 24.0 Å². The number of nitrogens with one attached hydrogen (secondary N) is 1. The minimum Gasteiger partial charge on any atom is -0.371 e. The van der Waals surface area contributed by atoms with E-state index >= 15 is 0 Å². The van der Waals surface area contributed by atoms with Crippen LogP contribution in [0.4, 0.5) is 0 Å². The van der Waals surface area contributed by atoms with Crippen molar-refractivity contribution in [2.75, 3.05) is 6.54 Å². The van der Waals surface area contributed by atoms with E-state index < -0.39 is 0 Å². The molecule has 0 saturated carbocycles. The van der Waals surface area contributed by atoms with E-state index in [1.165, 1.54) is 12.8 Å². The number of hydrogen-bond acceptors (Lipinski definition) is 3. The molecule has 0 spiro atoms. The maximum absolute atomic E-state index is 5.69. The number of thiocarbonyl (C=S) groups is 1. The van der Waals surface area contributed by atoms with Crippen molar-refractivity contribution in [2.24, 2.45) is 0 Å². The van der Waals surface area contributed by atoms with E-state index in [-0.39, 0.29) is 0 Å². The molecule has 1 N–H and O–H groups in total. The second kappa shape index (κ2) is 5.32. The van der Waals surface area contributed by atoms with Gasteiger partial charge in [0, 0.05) is 11.8 Å². The molecule has 2 rings (SSSR count). The zero-order valence-corrected chi connectivity index (χ0v) is 10.6. The molecule has 0 aromatic carbocycles. The summed E-state index contributed by atoms with van der Waals surface area (Å²) in [5.41, 5.74) is 0. The van der Waals surface area contributed by atoms with E-state index in [1.807, 2.05) is 0 Å². The molecule has 15 heavy (non-hydrogen) atoms. The highest BCUT2D eigenvalue weighted by Crippen LogP contribution is 2.36. The average Bonchev–Trinajstić information content (AvgIpc) is 2.79. The fourth-order valence-electron chi connectivity index (χ4n) is 1.90. The van der Waals surface area contributed by atoms with Crippen LogP contribution in [-0.2, 0) is 4.74 Å². The summed E-state index contributed by atoms with van der Waals surface area (Å²) in [5, 5.41) is 3.81. The van der Waals surface area contributed by atoms with Crippen LogP contribution in [0.3, 0.4) is 0 Å². The van der Waals surface area contributed by atoms with Crippen molar-refractivity contribution in [1.82, 2.24) is 5.32 Å². The van der Waals surface area contributed by atoms with E-state index in [1.54, 1.807) is 11.8 Å². The van der Waals surface area contributed by atoms with Gasteiger partial charge in [-0.2, -0.15) is 0 Å². The zero-order chi connectivity index (χ0) is 10.7. The number of thioether (sulfide) groups is 1. The first-order chi connectivity index (χ1) is 7.29. The summed E-state index contributed by atoms with van der Waals surface area (Å²) < 4.78 is 6.62. The summed E-state index contributed by atoms with van der Waals surface area (Å²) in [6.45, 7) is 3.19. The predicted octanol–water partition coefficient (Wildman–Crippen LogP) is 2.49. The summed E-state index contributed by atoms with van der Waals surface area (Å²) in [6.07, 6.45) is 8.49. The zero-order valence-electron chi connectivity index (χ0n) is 8.94.